The Labute approximate surface area is 210 Å². The monoisotopic (exact) mass is 490 g/mol. The Morgan fingerprint density at radius 1 is 1.25 bits per heavy atom. The molecular weight excluding hydrogens is 456 g/mol. The van der Waals surface area contributed by atoms with Gasteiger partial charge < -0.3 is 19.4 Å². The molecule has 1 unspecified atom stereocenters. The number of methoxy groups -OCH3 is 1. The van der Waals surface area contributed by atoms with E-state index in [0.717, 1.165) is 74.3 Å². The Bertz CT molecular complexity index is 1450. The van der Waals surface area contributed by atoms with Crippen molar-refractivity contribution in [2.45, 2.75) is 45.1 Å². The number of H-pyrrole nitrogens is 1. The standard InChI is InChI=1S/C27H34N6O3/c1-17(2)21-11-24-23(10-22(21)19-9-25(35-3)26-28-16-29-32(26)13-19)30-27(34)33(24)20-5-4-7-31(14-20)12-18-6-8-36-15-18/h9-11,13,16-18,20H,4-8,12,14-15H2,1-3H3,(H,30,34)/t18?,20-/m0/s1. The summed E-state index contributed by atoms with van der Waals surface area (Å²) >= 11 is 0. The van der Waals surface area contributed by atoms with Gasteiger partial charge in [-0.1, -0.05) is 13.8 Å². The quantitative estimate of drug-likeness (QED) is 0.442. The summed E-state index contributed by atoms with van der Waals surface area (Å²) in [5, 5.41) is 4.32. The number of aromatic nitrogens is 5. The minimum Gasteiger partial charge on any atom is -0.493 e. The fraction of sp³-hybridized carbons (Fsp3) is 0.519. The molecule has 6 rings (SSSR count). The summed E-state index contributed by atoms with van der Waals surface area (Å²) in [7, 11) is 1.64. The highest BCUT2D eigenvalue weighted by Gasteiger charge is 2.28. The van der Waals surface area contributed by atoms with E-state index in [1.54, 1.807) is 11.6 Å². The topological polar surface area (TPSA) is 89.7 Å². The van der Waals surface area contributed by atoms with Gasteiger partial charge >= 0.3 is 5.69 Å². The van der Waals surface area contributed by atoms with Crippen LogP contribution in [0.5, 0.6) is 5.75 Å². The maximum Gasteiger partial charge on any atom is 0.326 e. The van der Waals surface area contributed by atoms with Gasteiger partial charge in [0.15, 0.2) is 11.4 Å². The summed E-state index contributed by atoms with van der Waals surface area (Å²) in [5.74, 6) is 1.55. The second kappa shape index (κ2) is 9.37. The van der Waals surface area contributed by atoms with Crippen molar-refractivity contribution in [3.8, 4) is 16.9 Å². The number of likely N-dealkylation sites (tertiary alicyclic amines) is 1. The molecular formula is C27H34N6O3. The molecule has 1 aromatic carbocycles. The van der Waals surface area contributed by atoms with Crippen molar-refractivity contribution in [2.75, 3.05) is 40.0 Å². The van der Waals surface area contributed by atoms with Gasteiger partial charge in [-0.15, -0.1) is 0 Å². The molecule has 9 heteroatoms. The van der Waals surface area contributed by atoms with E-state index in [1.165, 1.54) is 11.9 Å². The Kier molecular flexibility index (Phi) is 6.05. The third-order valence-corrected chi connectivity index (χ3v) is 7.77. The average Bonchev–Trinajstić information content (AvgIpc) is 3.62. The van der Waals surface area contributed by atoms with Gasteiger partial charge in [0, 0.05) is 31.5 Å². The van der Waals surface area contributed by atoms with E-state index in [0.29, 0.717) is 17.3 Å². The van der Waals surface area contributed by atoms with E-state index in [-0.39, 0.29) is 17.6 Å². The van der Waals surface area contributed by atoms with Crippen molar-refractivity contribution in [3.05, 3.63) is 46.8 Å². The molecule has 2 atom stereocenters. The summed E-state index contributed by atoms with van der Waals surface area (Å²) in [6, 6.07) is 6.48. The van der Waals surface area contributed by atoms with E-state index in [9.17, 15) is 4.79 Å². The van der Waals surface area contributed by atoms with Crippen LogP contribution < -0.4 is 10.4 Å². The molecule has 5 heterocycles. The van der Waals surface area contributed by atoms with Crippen molar-refractivity contribution < 1.29 is 9.47 Å². The van der Waals surface area contributed by atoms with Crippen LogP contribution in [0.2, 0.25) is 0 Å². The SMILES string of the molecule is COc1cc(-c2cc3[nH]c(=O)n([C@H]4CCCN(CC5CCOC5)C4)c3cc2C(C)C)cn2ncnc12. The molecule has 0 bridgehead atoms. The van der Waals surface area contributed by atoms with Gasteiger partial charge in [-0.05, 0) is 67.0 Å². The van der Waals surface area contributed by atoms with E-state index in [2.05, 4.69) is 45.9 Å². The first-order valence-corrected chi connectivity index (χ1v) is 13.0. The minimum absolute atomic E-state index is 0.0304. The van der Waals surface area contributed by atoms with Gasteiger partial charge in [0.25, 0.3) is 0 Å². The van der Waals surface area contributed by atoms with E-state index < -0.39 is 0 Å². The van der Waals surface area contributed by atoms with Gasteiger partial charge in [-0.25, -0.2) is 14.3 Å². The number of hydrogen-bond donors (Lipinski definition) is 1. The minimum atomic E-state index is -0.0304. The molecule has 190 valence electrons. The van der Waals surface area contributed by atoms with Crippen LogP contribution in [0.25, 0.3) is 27.8 Å². The zero-order chi connectivity index (χ0) is 24.8. The summed E-state index contributed by atoms with van der Waals surface area (Å²) in [6.07, 6.45) is 6.76. The third kappa shape index (κ3) is 4.10. The molecule has 0 aliphatic carbocycles. The molecule has 0 saturated carbocycles. The lowest BCUT2D eigenvalue weighted by Gasteiger charge is -2.34. The maximum atomic E-state index is 13.3. The highest BCUT2D eigenvalue weighted by Crippen LogP contribution is 2.36. The summed E-state index contributed by atoms with van der Waals surface area (Å²) < 4.78 is 14.9. The number of imidazole rings is 1. The zero-order valence-corrected chi connectivity index (χ0v) is 21.2. The van der Waals surface area contributed by atoms with Gasteiger partial charge in [0.2, 0.25) is 0 Å². The fourth-order valence-corrected chi connectivity index (χ4v) is 5.97. The number of ether oxygens (including phenoxy) is 2. The number of pyridine rings is 1. The number of hydrogen-bond acceptors (Lipinski definition) is 6. The molecule has 36 heavy (non-hydrogen) atoms. The molecule has 0 spiro atoms. The van der Waals surface area contributed by atoms with E-state index in [1.807, 2.05) is 16.8 Å². The lowest BCUT2D eigenvalue weighted by Crippen LogP contribution is -2.41. The van der Waals surface area contributed by atoms with Crippen LogP contribution in [-0.4, -0.2) is 69.0 Å². The van der Waals surface area contributed by atoms with Crippen LogP contribution in [-0.2, 0) is 4.74 Å². The molecule has 0 radical (unpaired) electrons. The second-order valence-electron chi connectivity index (χ2n) is 10.5. The van der Waals surface area contributed by atoms with Crippen LogP contribution >= 0.6 is 0 Å². The van der Waals surface area contributed by atoms with E-state index >= 15 is 0 Å². The molecule has 2 fully saturated rings. The van der Waals surface area contributed by atoms with Crippen molar-refractivity contribution in [1.82, 2.24) is 29.0 Å². The van der Waals surface area contributed by atoms with Crippen molar-refractivity contribution in [2.24, 2.45) is 5.92 Å². The van der Waals surface area contributed by atoms with Crippen molar-refractivity contribution in [1.29, 1.82) is 0 Å². The second-order valence-corrected chi connectivity index (χ2v) is 10.5. The Balaban J connectivity index is 1.40. The van der Waals surface area contributed by atoms with Crippen LogP contribution in [0, 0.1) is 5.92 Å². The molecule has 3 aromatic heterocycles. The normalized spacial score (nSPS) is 21.2. The summed E-state index contributed by atoms with van der Waals surface area (Å²) in [6.45, 7) is 9.18. The van der Waals surface area contributed by atoms with Gasteiger partial charge in [0.1, 0.15) is 6.33 Å². The number of aromatic amines is 1. The van der Waals surface area contributed by atoms with Crippen LogP contribution in [0.15, 0.2) is 35.5 Å². The predicted octanol–water partition coefficient (Wildman–Crippen LogP) is 3.84. The highest BCUT2D eigenvalue weighted by molar-refractivity contribution is 5.85. The third-order valence-electron chi connectivity index (χ3n) is 7.77. The maximum absolute atomic E-state index is 13.3. The first-order valence-electron chi connectivity index (χ1n) is 13.0. The van der Waals surface area contributed by atoms with Gasteiger partial charge in [-0.2, -0.15) is 5.10 Å². The Morgan fingerprint density at radius 2 is 2.14 bits per heavy atom. The molecule has 9 nitrogen and oxygen atoms in total. The molecule has 1 N–H and O–H groups in total. The van der Waals surface area contributed by atoms with Crippen molar-refractivity contribution in [3.63, 3.8) is 0 Å². The van der Waals surface area contributed by atoms with E-state index in [4.69, 9.17) is 9.47 Å². The molecule has 2 saturated heterocycles. The number of nitrogens with one attached hydrogen (secondary N) is 1. The number of piperidine rings is 1. The summed E-state index contributed by atoms with van der Waals surface area (Å²) in [5.41, 5.74) is 5.72. The summed E-state index contributed by atoms with van der Waals surface area (Å²) in [4.78, 5) is 23.3. The Morgan fingerprint density at radius 3 is 2.92 bits per heavy atom. The smallest absolute Gasteiger partial charge is 0.326 e. The van der Waals surface area contributed by atoms with Crippen LogP contribution in [0.3, 0.4) is 0 Å². The number of fused-ring (bicyclic) bond motifs is 2. The molecule has 0 amide bonds. The lowest BCUT2D eigenvalue weighted by atomic mass is 9.92. The number of benzene rings is 1. The van der Waals surface area contributed by atoms with Crippen LogP contribution in [0.1, 0.15) is 50.6 Å². The first-order chi connectivity index (χ1) is 17.5. The Hall–Kier alpha value is -3.17. The molecule has 4 aromatic rings. The van der Waals surface area contributed by atoms with Gasteiger partial charge in [-0.3, -0.25) is 4.57 Å². The number of rotatable bonds is 6. The predicted molar refractivity (Wildman–Crippen MR) is 139 cm³/mol. The van der Waals surface area contributed by atoms with Crippen LogP contribution in [0.4, 0.5) is 0 Å². The molecule has 2 aliphatic rings. The fourth-order valence-electron chi connectivity index (χ4n) is 5.97. The first kappa shape index (κ1) is 23.2. The lowest BCUT2D eigenvalue weighted by molar-refractivity contribution is 0.137. The van der Waals surface area contributed by atoms with Gasteiger partial charge in [0.05, 0.1) is 30.8 Å². The van der Waals surface area contributed by atoms with Crippen molar-refractivity contribution >= 4 is 16.7 Å². The largest absolute Gasteiger partial charge is 0.493 e. The molecule has 2 aliphatic heterocycles. The average molecular weight is 491 g/mol. The number of nitrogens with zero attached hydrogens (tertiary/aromatic N) is 5. The zero-order valence-electron chi connectivity index (χ0n) is 21.2. The highest BCUT2D eigenvalue weighted by atomic mass is 16.5.